The molecule has 0 radical (unpaired) electrons. The summed E-state index contributed by atoms with van der Waals surface area (Å²) >= 11 is 0. The molecule has 0 saturated carbocycles. The molecular weight excluding hydrogens is 256 g/mol. The molecule has 1 aliphatic heterocycles. The number of carbonyl (C=O) groups is 1. The van der Waals surface area contributed by atoms with Crippen LogP contribution in [0, 0.1) is 0 Å². The number of ether oxygens (including phenoxy) is 2. The Bertz CT molecular complexity index is 646. The molecule has 4 nitrogen and oxygen atoms in total. The molecule has 0 bridgehead atoms. The summed E-state index contributed by atoms with van der Waals surface area (Å²) < 4.78 is 10.4. The predicted octanol–water partition coefficient (Wildman–Crippen LogP) is 3.20. The van der Waals surface area contributed by atoms with E-state index in [2.05, 4.69) is 6.92 Å². The summed E-state index contributed by atoms with van der Waals surface area (Å²) in [5.41, 5.74) is 2.06. The van der Waals surface area contributed by atoms with Gasteiger partial charge in [0.15, 0.2) is 0 Å². The van der Waals surface area contributed by atoms with Crippen LogP contribution in [-0.2, 0) is 11.2 Å². The van der Waals surface area contributed by atoms with Gasteiger partial charge in [0.05, 0.1) is 5.56 Å². The summed E-state index contributed by atoms with van der Waals surface area (Å²) in [4.78, 5) is 11.5. The zero-order valence-electron chi connectivity index (χ0n) is 11.0. The molecule has 0 spiro atoms. The van der Waals surface area contributed by atoms with E-state index in [1.165, 1.54) is 5.56 Å². The van der Waals surface area contributed by atoms with Crippen LogP contribution in [-0.4, -0.2) is 11.1 Å². The maximum Gasteiger partial charge on any atom is 0.341 e. The second-order valence-corrected chi connectivity index (χ2v) is 4.61. The predicted molar refractivity (Wildman–Crippen MR) is 72.7 cm³/mol. The number of cyclic esters (lactones) is 1. The Labute approximate surface area is 116 Å². The number of aryl methyl sites for hydroxylation is 1. The van der Waals surface area contributed by atoms with Gasteiger partial charge in [-0.25, -0.2) is 4.79 Å². The minimum Gasteiger partial charge on any atom is -0.457 e. The molecule has 0 saturated heterocycles. The lowest BCUT2D eigenvalue weighted by atomic mass is 10.1. The molecule has 2 aromatic rings. The standard InChI is InChI=1S/C16H14O4/c1-2-10-3-5-11(6-4-10)19-12-7-8-13-14(9-12)16(18)20-15(13)17/h3-9,15,17H,2H2,1H3. The Morgan fingerprint density at radius 2 is 1.85 bits per heavy atom. The summed E-state index contributed by atoms with van der Waals surface area (Å²) in [7, 11) is 0. The van der Waals surface area contributed by atoms with Crippen molar-refractivity contribution in [3.8, 4) is 11.5 Å². The van der Waals surface area contributed by atoms with E-state index in [0.29, 0.717) is 22.6 Å². The van der Waals surface area contributed by atoms with E-state index in [1.54, 1.807) is 18.2 Å². The van der Waals surface area contributed by atoms with Gasteiger partial charge in [-0.2, -0.15) is 0 Å². The molecule has 0 amide bonds. The number of rotatable bonds is 3. The van der Waals surface area contributed by atoms with Gasteiger partial charge in [-0.3, -0.25) is 0 Å². The number of benzene rings is 2. The zero-order valence-corrected chi connectivity index (χ0v) is 11.0. The molecule has 2 aromatic carbocycles. The Hall–Kier alpha value is -2.33. The summed E-state index contributed by atoms with van der Waals surface area (Å²) in [6.45, 7) is 2.09. The van der Waals surface area contributed by atoms with Gasteiger partial charge in [0.1, 0.15) is 11.5 Å². The topological polar surface area (TPSA) is 55.8 Å². The number of hydrogen-bond donors (Lipinski definition) is 1. The normalized spacial score (nSPS) is 16.7. The molecule has 3 rings (SSSR count). The Morgan fingerprint density at radius 1 is 1.15 bits per heavy atom. The Morgan fingerprint density at radius 3 is 2.55 bits per heavy atom. The van der Waals surface area contributed by atoms with E-state index in [-0.39, 0.29) is 0 Å². The van der Waals surface area contributed by atoms with Crippen LogP contribution in [0.25, 0.3) is 0 Å². The van der Waals surface area contributed by atoms with Crippen molar-refractivity contribution in [1.82, 2.24) is 0 Å². The average molecular weight is 270 g/mol. The van der Waals surface area contributed by atoms with E-state index in [9.17, 15) is 9.90 Å². The number of fused-ring (bicyclic) bond motifs is 1. The molecule has 1 N–H and O–H groups in total. The highest BCUT2D eigenvalue weighted by atomic mass is 16.6. The first kappa shape index (κ1) is 12.7. The van der Waals surface area contributed by atoms with Gasteiger partial charge in [-0.05, 0) is 42.3 Å². The van der Waals surface area contributed by atoms with Crippen molar-refractivity contribution in [3.05, 3.63) is 59.2 Å². The molecule has 1 aliphatic rings. The highest BCUT2D eigenvalue weighted by molar-refractivity contribution is 5.94. The van der Waals surface area contributed by atoms with Crippen LogP contribution in [0.15, 0.2) is 42.5 Å². The van der Waals surface area contributed by atoms with Crippen molar-refractivity contribution < 1.29 is 19.4 Å². The Balaban J connectivity index is 1.84. The third kappa shape index (κ3) is 2.26. The van der Waals surface area contributed by atoms with Gasteiger partial charge < -0.3 is 14.6 Å². The lowest BCUT2D eigenvalue weighted by molar-refractivity contribution is -0.0547. The fraction of sp³-hybridized carbons (Fsp3) is 0.188. The number of carbonyl (C=O) groups excluding carboxylic acids is 1. The summed E-state index contributed by atoms with van der Waals surface area (Å²) in [5.74, 6) is 0.715. The van der Waals surface area contributed by atoms with E-state index in [1.807, 2.05) is 24.3 Å². The largest absolute Gasteiger partial charge is 0.457 e. The fourth-order valence-electron chi connectivity index (χ4n) is 2.15. The zero-order chi connectivity index (χ0) is 14.1. The number of esters is 1. The van der Waals surface area contributed by atoms with Gasteiger partial charge in [0.25, 0.3) is 0 Å². The van der Waals surface area contributed by atoms with E-state index in [0.717, 1.165) is 6.42 Å². The van der Waals surface area contributed by atoms with Crippen molar-refractivity contribution in [1.29, 1.82) is 0 Å². The minimum absolute atomic E-state index is 0.347. The van der Waals surface area contributed by atoms with Crippen LogP contribution in [0.1, 0.15) is 34.7 Å². The molecule has 20 heavy (non-hydrogen) atoms. The van der Waals surface area contributed by atoms with Crippen molar-refractivity contribution in [2.24, 2.45) is 0 Å². The molecule has 1 heterocycles. The number of aliphatic hydroxyl groups excluding tert-OH is 1. The second-order valence-electron chi connectivity index (χ2n) is 4.61. The van der Waals surface area contributed by atoms with E-state index < -0.39 is 12.3 Å². The van der Waals surface area contributed by atoms with E-state index in [4.69, 9.17) is 9.47 Å². The highest BCUT2D eigenvalue weighted by Crippen LogP contribution is 2.32. The van der Waals surface area contributed by atoms with Crippen LogP contribution < -0.4 is 4.74 Å². The maximum absolute atomic E-state index is 11.5. The lowest BCUT2D eigenvalue weighted by Gasteiger charge is -2.07. The van der Waals surface area contributed by atoms with Crippen LogP contribution in [0.3, 0.4) is 0 Å². The quantitative estimate of drug-likeness (QED) is 0.870. The van der Waals surface area contributed by atoms with Crippen molar-refractivity contribution in [2.45, 2.75) is 19.6 Å². The highest BCUT2D eigenvalue weighted by Gasteiger charge is 2.29. The van der Waals surface area contributed by atoms with Gasteiger partial charge in [-0.1, -0.05) is 19.1 Å². The van der Waals surface area contributed by atoms with Gasteiger partial charge in [0, 0.05) is 5.56 Å². The third-order valence-corrected chi connectivity index (χ3v) is 3.30. The van der Waals surface area contributed by atoms with Gasteiger partial charge in [-0.15, -0.1) is 0 Å². The summed E-state index contributed by atoms with van der Waals surface area (Å²) in [6, 6.07) is 12.7. The van der Waals surface area contributed by atoms with Crippen LogP contribution in [0.4, 0.5) is 0 Å². The molecular formula is C16H14O4. The van der Waals surface area contributed by atoms with Crippen molar-refractivity contribution in [3.63, 3.8) is 0 Å². The SMILES string of the molecule is CCc1ccc(Oc2ccc3c(c2)C(=O)OC3O)cc1. The Kier molecular flexibility index (Phi) is 3.16. The first-order valence-electron chi connectivity index (χ1n) is 6.47. The summed E-state index contributed by atoms with van der Waals surface area (Å²) in [5, 5.41) is 9.51. The van der Waals surface area contributed by atoms with Crippen molar-refractivity contribution in [2.75, 3.05) is 0 Å². The molecule has 4 heteroatoms. The average Bonchev–Trinajstić information content (AvgIpc) is 2.75. The molecule has 0 fully saturated rings. The molecule has 1 unspecified atom stereocenters. The fourth-order valence-corrected chi connectivity index (χ4v) is 2.15. The monoisotopic (exact) mass is 270 g/mol. The number of aliphatic hydroxyl groups is 1. The molecule has 1 atom stereocenters. The second kappa shape index (κ2) is 4.98. The first-order valence-corrected chi connectivity index (χ1v) is 6.47. The lowest BCUT2D eigenvalue weighted by Crippen LogP contribution is -1.96. The first-order chi connectivity index (χ1) is 9.67. The maximum atomic E-state index is 11.5. The van der Waals surface area contributed by atoms with Gasteiger partial charge >= 0.3 is 5.97 Å². The number of hydrogen-bond acceptors (Lipinski definition) is 4. The van der Waals surface area contributed by atoms with Gasteiger partial charge in [0.2, 0.25) is 6.29 Å². The summed E-state index contributed by atoms with van der Waals surface area (Å²) in [6.07, 6.45) is -0.196. The molecule has 0 aromatic heterocycles. The van der Waals surface area contributed by atoms with Crippen LogP contribution in [0.5, 0.6) is 11.5 Å². The smallest absolute Gasteiger partial charge is 0.341 e. The molecule has 0 aliphatic carbocycles. The molecule has 102 valence electrons. The third-order valence-electron chi connectivity index (χ3n) is 3.30. The van der Waals surface area contributed by atoms with Crippen LogP contribution >= 0.6 is 0 Å². The van der Waals surface area contributed by atoms with Crippen LogP contribution in [0.2, 0.25) is 0 Å². The minimum atomic E-state index is -1.17. The van der Waals surface area contributed by atoms with E-state index >= 15 is 0 Å². The van der Waals surface area contributed by atoms with Crippen molar-refractivity contribution >= 4 is 5.97 Å².